The molecule has 35 heavy (non-hydrogen) atoms. The quantitative estimate of drug-likeness (QED) is 0.201. The zero-order chi connectivity index (χ0) is 24.8. The molecule has 0 aliphatic rings. The van der Waals surface area contributed by atoms with Gasteiger partial charge >= 0.3 is 0 Å². The molecular weight excluding hydrogens is 486 g/mol. The predicted octanol–water partition coefficient (Wildman–Crippen LogP) is 4.85. The maximum absolute atomic E-state index is 12.4. The summed E-state index contributed by atoms with van der Waals surface area (Å²) in [5.74, 6) is 0.778. The van der Waals surface area contributed by atoms with Crippen LogP contribution in [0.3, 0.4) is 0 Å². The first-order chi connectivity index (χ1) is 16.9. The normalized spacial score (nSPS) is 11.1. The minimum atomic E-state index is -0.302. The van der Waals surface area contributed by atoms with Gasteiger partial charge in [-0.2, -0.15) is 5.10 Å². The van der Waals surface area contributed by atoms with E-state index in [0.717, 1.165) is 16.8 Å². The second-order valence-corrected chi connectivity index (χ2v) is 8.88. The van der Waals surface area contributed by atoms with Crippen LogP contribution >= 0.6 is 23.4 Å². The number of thioether (sulfide) groups is 1. The van der Waals surface area contributed by atoms with Gasteiger partial charge in [-0.15, -0.1) is 10.2 Å². The lowest BCUT2D eigenvalue weighted by molar-refractivity contribution is -0.118. The van der Waals surface area contributed by atoms with Crippen LogP contribution in [0.1, 0.15) is 11.1 Å². The van der Waals surface area contributed by atoms with Gasteiger partial charge in [0, 0.05) is 16.3 Å². The summed E-state index contributed by atoms with van der Waals surface area (Å²) in [6.45, 7) is 2.02. The molecular formula is C25H22ClN5O3S. The van der Waals surface area contributed by atoms with E-state index in [1.807, 2.05) is 47.9 Å². The molecule has 0 saturated carbocycles. The lowest BCUT2D eigenvalue weighted by Crippen LogP contribution is -2.20. The second-order valence-electron chi connectivity index (χ2n) is 7.50. The Hall–Kier alpha value is -3.82. The van der Waals surface area contributed by atoms with Crippen molar-refractivity contribution < 1.29 is 14.6 Å². The van der Waals surface area contributed by atoms with Gasteiger partial charge in [-0.3, -0.25) is 9.36 Å². The number of hydrogen-bond donors (Lipinski definition) is 2. The Balaban J connectivity index is 1.49. The van der Waals surface area contributed by atoms with Crippen molar-refractivity contribution in [1.29, 1.82) is 0 Å². The molecule has 4 aromatic rings. The molecule has 0 aliphatic heterocycles. The number of benzene rings is 3. The van der Waals surface area contributed by atoms with E-state index < -0.39 is 0 Å². The lowest BCUT2D eigenvalue weighted by atomic mass is 10.2. The number of carbonyl (C=O) groups excluding carboxylic acids is 1. The molecule has 1 aromatic heterocycles. The molecule has 0 saturated heterocycles. The Morgan fingerprint density at radius 2 is 1.89 bits per heavy atom. The summed E-state index contributed by atoms with van der Waals surface area (Å²) in [7, 11) is 1.46. The first-order valence-corrected chi connectivity index (χ1v) is 11.9. The van der Waals surface area contributed by atoms with Gasteiger partial charge in [0.05, 0.1) is 19.1 Å². The van der Waals surface area contributed by atoms with Gasteiger partial charge in [-0.25, -0.2) is 5.43 Å². The molecule has 0 atom stereocenters. The Bertz CT molecular complexity index is 1350. The van der Waals surface area contributed by atoms with Crippen LogP contribution in [0.2, 0.25) is 5.02 Å². The zero-order valence-corrected chi connectivity index (χ0v) is 20.5. The summed E-state index contributed by atoms with van der Waals surface area (Å²) in [6.07, 6.45) is 1.47. The van der Waals surface area contributed by atoms with E-state index in [2.05, 4.69) is 20.7 Å². The highest BCUT2D eigenvalue weighted by molar-refractivity contribution is 7.99. The molecule has 0 unspecified atom stereocenters. The molecule has 0 fully saturated rings. The smallest absolute Gasteiger partial charge is 0.250 e. The van der Waals surface area contributed by atoms with Gasteiger partial charge < -0.3 is 9.84 Å². The maximum Gasteiger partial charge on any atom is 0.250 e. The van der Waals surface area contributed by atoms with Gasteiger partial charge in [-0.05, 0) is 67.1 Å². The molecule has 8 nitrogen and oxygen atoms in total. The molecule has 10 heteroatoms. The van der Waals surface area contributed by atoms with Crippen LogP contribution < -0.4 is 10.2 Å². The molecule has 1 amide bonds. The second kappa shape index (κ2) is 11.1. The monoisotopic (exact) mass is 507 g/mol. The van der Waals surface area contributed by atoms with Gasteiger partial charge in [0.1, 0.15) is 0 Å². The Morgan fingerprint density at radius 3 is 2.60 bits per heavy atom. The third kappa shape index (κ3) is 6.00. The average Bonchev–Trinajstić information content (AvgIpc) is 3.28. The number of aromatic hydroxyl groups is 1. The van der Waals surface area contributed by atoms with Crippen molar-refractivity contribution in [2.24, 2.45) is 5.10 Å². The highest BCUT2D eigenvalue weighted by atomic mass is 35.5. The number of aromatic nitrogens is 3. The number of hydrazone groups is 1. The van der Waals surface area contributed by atoms with Crippen LogP contribution in [0.15, 0.2) is 77.0 Å². The number of aryl methyl sites for hydroxylation is 1. The standard InChI is InChI=1S/C25H22ClN5O3S/c1-16-3-10-20(11-4-16)31-24(18-6-8-19(26)9-7-18)29-30-25(31)35-15-23(33)28-27-14-17-5-12-21(32)22(13-17)34-2/h3-14,32H,15H2,1-2H3,(H,28,33)/b27-14-. The van der Waals surface area contributed by atoms with Crippen molar-refractivity contribution in [3.05, 3.63) is 82.9 Å². The third-order valence-corrected chi connectivity index (χ3v) is 6.15. The summed E-state index contributed by atoms with van der Waals surface area (Å²) >= 11 is 7.30. The van der Waals surface area contributed by atoms with Crippen LogP contribution in [0.5, 0.6) is 11.5 Å². The van der Waals surface area contributed by atoms with Crippen LogP contribution in [0.25, 0.3) is 17.1 Å². The first kappa shape index (κ1) is 24.3. The van der Waals surface area contributed by atoms with Crippen LogP contribution in [-0.2, 0) is 4.79 Å². The van der Waals surface area contributed by atoms with Crippen LogP contribution in [-0.4, -0.2) is 44.9 Å². The van der Waals surface area contributed by atoms with Gasteiger partial charge in [-0.1, -0.05) is 41.1 Å². The number of rotatable bonds is 8. The van der Waals surface area contributed by atoms with E-state index in [4.69, 9.17) is 16.3 Å². The summed E-state index contributed by atoms with van der Waals surface area (Å²) in [6, 6.07) is 20.1. The molecule has 1 heterocycles. The number of ether oxygens (including phenoxy) is 1. The number of amides is 1. The van der Waals surface area contributed by atoms with Crippen molar-refractivity contribution in [3.63, 3.8) is 0 Å². The molecule has 0 radical (unpaired) electrons. The van der Waals surface area contributed by atoms with Gasteiger partial charge in [0.15, 0.2) is 22.5 Å². The van der Waals surface area contributed by atoms with E-state index in [1.165, 1.54) is 31.2 Å². The SMILES string of the molecule is COc1cc(/C=N\NC(=O)CSc2nnc(-c3ccc(Cl)cc3)n2-c2ccc(C)cc2)ccc1O. The largest absolute Gasteiger partial charge is 0.504 e. The van der Waals surface area contributed by atoms with E-state index >= 15 is 0 Å². The number of carbonyl (C=O) groups is 1. The summed E-state index contributed by atoms with van der Waals surface area (Å²) in [4.78, 5) is 12.4. The zero-order valence-electron chi connectivity index (χ0n) is 19.0. The minimum Gasteiger partial charge on any atom is -0.504 e. The summed E-state index contributed by atoms with van der Waals surface area (Å²) in [5.41, 5.74) is 6.03. The van der Waals surface area contributed by atoms with Gasteiger partial charge in [0.25, 0.3) is 5.91 Å². The number of nitrogens with zero attached hydrogens (tertiary/aromatic N) is 4. The topological polar surface area (TPSA) is 102 Å². The van der Waals surface area contributed by atoms with Crippen LogP contribution in [0.4, 0.5) is 0 Å². The molecule has 3 aromatic carbocycles. The number of nitrogens with one attached hydrogen (secondary N) is 1. The fourth-order valence-corrected chi connectivity index (χ4v) is 4.06. The van der Waals surface area contributed by atoms with E-state index in [0.29, 0.717) is 27.3 Å². The fourth-order valence-electron chi connectivity index (χ4n) is 3.19. The number of methoxy groups -OCH3 is 1. The van der Waals surface area contributed by atoms with Crippen molar-refractivity contribution in [1.82, 2.24) is 20.2 Å². The Labute approximate surface area is 211 Å². The maximum atomic E-state index is 12.4. The summed E-state index contributed by atoms with van der Waals surface area (Å²) in [5, 5.41) is 23.6. The molecule has 0 spiro atoms. The Kier molecular flexibility index (Phi) is 7.69. The number of phenols is 1. The third-order valence-electron chi connectivity index (χ3n) is 4.97. The number of phenolic OH excluding ortho intramolecular Hbond substituents is 1. The van der Waals surface area contributed by atoms with Crippen LogP contribution in [0, 0.1) is 6.92 Å². The highest BCUT2D eigenvalue weighted by Crippen LogP contribution is 2.29. The fraction of sp³-hybridized carbons (Fsp3) is 0.120. The predicted molar refractivity (Wildman–Crippen MR) is 138 cm³/mol. The van der Waals surface area contributed by atoms with E-state index in [-0.39, 0.29) is 17.4 Å². The van der Waals surface area contributed by atoms with Crippen molar-refractivity contribution in [2.45, 2.75) is 12.1 Å². The minimum absolute atomic E-state index is 0.0285. The molecule has 4 rings (SSSR count). The number of hydrogen-bond acceptors (Lipinski definition) is 7. The molecule has 0 aliphatic carbocycles. The molecule has 0 bridgehead atoms. The van der Waals surface area contributed by atoms with E-state index in [9.17, 15) is 9.90 Å². The Morgan fingerprint density at radius 1 is 1.14 bits per heavy atom. The van der Waals surface area contributed by atoms with Gasteiger partial charge in [0.2, 0.25) is 0 Å². The van der Waals surface area contributed by atoms with Crippen molar-refractivity contribution >= 4 is 35.5 Å². The van der Waals surface area contributed by atoms with Crippen molar-refractivity contribution in [2.75, 3.05) is 12.9 Å². The highest BCUT2D eigenvalue weighted by Gasteiger charge is 2.17. The number of halogens is 1. The van der Waals surface area contributed by atoms with E-state index in [1.54, 1.807) is 24.3 Å². The lowest BCUT2D eigenvalue weighted by Gasteiger charge is -2.10. The van der Waals surface area contributed by atoms with Crippen molar-refractivity contribution in [3.8, 4) is 28.6 Å². The molecule has 2 N–H and O–H groups in total. The first-order valence-electron chi connectivity index (χ1n) is 10.5. The average molecular weight is 508 g/mol. The molecule has 178 valence electrons. The summed E-state index contributed by atoms with van der Waals surface area (Å²) < 4.78 is 6.98.